The molecule has 0 radical (unpaired) electrons. The molecule has 7 heteroatoms. The summed E-state index contributed by atoms with van der Waals surface area (Å²) in [6.07, 6.45) is 0.236. The van der Waals surface area contributed by atoms with Crippen LogP contribution in [0.2, 0.25) is 18.1 Å². The van der Waals surface area contributed by atoms with E-state index >= 15 is 0 Å². The average molecular weight is 397 g/mol. The number of ether oxygens (including phenoxy) is 3. The highest BCUT2D eigenvalue weighted by Crippen LogP contribution is 2.52. The van der Waals surface area contributed by atoms with E-state index in [1.165, 1.54) is 0 Å². The SMILES string of the molecule is CCOC(=O)C1=C[C@H](O[Si](C)(C)C(C)(C)C)[C@@H]2C(=O)[C@H]3OC(C)(C)O[C@H]3[C@H]12. The van der Waals surface area contributed by atoms with E-state index in [4.69, 9.17) is 18.6 Å². The third-order valence-corrected chi connectivity index (χ3v) is 10.8. The first-order valence-electron chi connectivity index (χ1n) is 9.75. The Hall–Kier alpha value is -1.02. The number of hydrogen-bond acceptors (Lipinski definition) is 6. The summed E-state index contributed by atoms with van der Waals surface area (Å²) in [5.41, 5.74) is 0.493. The lowest BCUT2D eigenvalue weighted by Gasteiger charge is -2.39. The summed E-state index contributed by atoms with van der Waals surface area (Å²) in [6.45, 7) is 16.4. The van der Waals surface area contributed by atoms with E-state index in [0.29, 0.717) is 5.57 Å². The molecular weight excluding hydrogens is 364 g/mol. The topological polar surface area (TPSA) is 71.1 Å². The first kappa shape index (κ1) is 20.7. The zero-order valence-corrected chi connectivity index (χ0v) is 18.6. The Balaban J connectivity index is 1.95. The van der Waals surface area contributed by atoms with Gasteiger partial charge in [-0.15, -0.1) is 0 Å². The molecule has 2 aliphatic carbocycles. The molecule has 0 amide bonds. The predicted molar refractivity (Wildman–Crippen MR) is 103 cm³/mol. The lowest BCUT2D eigenvalue weighted by Crippen LogP contribution is -2.46. The fraction of sp³-hybridized carbons (Fsp3) is 0.800. The fourth-order valence-corrected chi connectivity index (χ4v) is 5.26. The van der Waals surface area contributed by atoms with Gasteiger partial charge < -0.3 is 18.6 Å². The molecule has 27 heavy (non-hydrogen) atoms. The van der Waals surface area contributed by atoms with Crippen LogP contribution in [0.15, 0.2) is 11.6 Å². The molecule has 0 bridgehead atoms. The molecule has 152 valence electrons. The van der Waals surface area contributed by atoms with Crippen molar-refractivity contribution in [1.82, 2.24) is 0 Å². The largest absolute Gasteiger partial charge is 0.463 e. The highest BCUT2D eigenvalue weighted by atomic mass is 28.4. The van der Waals surface area contributed by atoms with Crippen LogP contribution in [0.5, 0.6) is 0 Å². The van der Waals surface area contributed by atoms with Gasteiger partial charge in [-0.2, -0.15) is 0 Å². The van der Waals surface area contributed by atoms with Gasteiger partial charge in [-0.05, 0) is 45.0 Å². The molecule has 1 saturated carbocycles. The lowest BCUT2D eigenvalue weighted by molar-refractivity contribution is -0.168. The Labute approximate surface area is 162 Å². The van der Waals surface area contributed by atoms with Crippen LogP contribution >= 0.6 is 0 Å². The van der Waals surface area contributed by atoms with E-state index in [2.05, 4.69) is 33.9 Å². The van der Waals surface area contributed by atoms with Crippen molar-refractivity contribution in [3.8, 4) is 0 Å². The number of fused-ring (bicyclic) bond motifs is 3. The molecule has 0 spiro atoms. The molecule has 1 aliphatic heterocycles. The van der Waals surface area contributed by atoms with Crippen molar-refractivity contribution < 1.29 is 28.2 Å². The maximum Gasteiger partial charge on any atom is 0.334 e. The van der Waals surface area contributed by atoms with Gasteiger partial charge in [-0.3, -0.25) is 4.79 Å². The molecular formula is C20H32O6Si. The van der Waals surface area contributed by atoms with Crippen molar-refractivity contribution in [1.29, 1.82) is 0 Å². The van der Waals surface area contributed by atoms with Crippen molar-refractivity contribution >= 4 is 20.1 Å². The van der Waals surface area contributed by atoms with Gasteiger partial charge in [0.1, 0.15) is 12.2 Å². The van der Waals surface area contributed by atoms with E-state index in [1.807, 2.05) is 0 Å². The maximum absolute atomic E-state index is 13.2. The van der Waals surface area contributed by atoms with Crippen molar-refractivity contribution in [2.24, 2.45) is 11.8 Å². The number of carbonyl (C=O) groups is 2. The molecule has 5 atom stereocenters. The van der Waals surface area contributed by atoms with Crippen LogP contribution in [0.1, 0.15) is 41.5 Å². The number of esters is 1. The van der Waals surface area contributed by atoms with E-state index in [9.17, 15) is 9.59 Å². The van der Waals surface area contributed by atoms with Gasteiger partial charge in [0.2, 0.25) is 0 Å². The zero-order valence-electron chi connectivity index (χ0n) is 17.6. The predicted octanol–water partition coefficient (Wildman–Crippen LogP) is 3.22. The standard InChI is InChI=1S/C20H32O6Si/c1-9-23-18(22)11-10-12(26-27(7,8)19(2,3)4)14-13(11)16-17(15(14)21)25-20(5,6)24-16/h10,12-14,16-17H,9H2,1-8H3/t12-,13+,14-,16-,17+/m0/s1. The van der Waals surface area contributed by atoms with Crippen LogP contribution in [0.25, 0.3) is 0 Å². The molecule has 3 rings (SSSR count). The second kappa shape index (κ2) is 6.51. The van der Waals surface area contributed by atoms with Gasteiger partial charge in [0, 0.05) is 11.5 Å². The Morgan fingerprint density at radius 1 is 1.22 bits per heavy atom. The summed E-state index contributed by atoms with van der Waals surface area (Å²) in [7, 11) is -2.14. The van der Waals surface area contributed by atoms with Gasteiger partial charge >= 0.3 is 5.97 Å². The summed E-state index contributed by atoms with van der Waals surface area (Å²) < 4.78 is 23.7. The monoisotopic (exact) mass is 396 g/mol. The van der Waals surface area contributed by atoms with Crippen LogP contribution in [0, 0.1) is 11.8 Å². The lowest BCUT2D eigenvalue weighted by atomic mass is 9.91. The Bertz CT molecular complexity index is 674. The first-order chi connectivity index (χ1) is 12.3. The average Bonchev–Trinajstić information content (AvgIpc) is 3.09. The second-order valence-electron chi connectivity index (χ2n) is 9.66. The van der Waals surface area contributed by atoms with Gasteiger partial charge in [0.15, 0.2) is 19.9 Å². The summed E-state index contributed by atoms with van der Waals surface area (Å²) in [4.78, 5) is 25.8. The van der Waals surface area contributed by atoms with Crippen LogP contribution in [-0.2, 0) is 28.2 Å². The van der Waals surface area contributed by atoms with Gasteiger partial charge in [0.25, 0.3) is 0 Å². The van der Waals surface area contributed by atoms with Crippen molar-refractivity contribution in [3.63, 3.8) is 0 Å². The molecule has 0 unspecified atom stereocenters. The van der Waals surface area contributed by atoms with Crippen LogP contribution in [-0.4, -0.2) is 50.8 Å². The van der Waals surface area contributed by atoms with E-state index in [0.717, 1.165) is 0 Å². The minimum Gasteiger partial charge on any atom is -0.463 e. The normalized spacial score (nSPS) is 35.0. The Kier molecular flexibility index (Phi) is 4.99. The number of carbonyl (C=O) groups excluding carboxylic acids is 2. The Morgan fingerprint density at radius 3 is 2.41 bits per heavy atom. The quantitative estimate of drug-likeness (QED) is 0.537. The van der Waals surface area contributed by atoms with Crippen molar-refractivity contribution in [2.75, 3.05) is 6.61 Å². The Morgan fingerprint density at radius 2 is 1.85 bits per heavy atom. The number of rotatable bonds is 4. The van der Waals surface area contributed by atoms with Crippen molar-refractivity contribution in [3.05, 3.63) is 11.6 Å². The molecule has 1 saturated heterocycles. The number of Topliss-reactive ketones (excluding diaryl/α,β-unsaturated/α-hetero) is 1. The van der Waals surface area contributed by atoms with Crippen LogP contribution in [0.3, 0.4) is 0 Å². The summed E-state index contributed by atoms with van der Waals surface area (Å²) in [5.74, 6) is -2.10. The molecule has 1 heterocycles. The van der Waals surface area contributed by atoms with Gasteiger partial charge in [-0.1, -0.05) is 20.8 Å². The molecule has 0 N–H and O–H groups in total. The number of hydrogen-bond donors (Lipinski definition) is 0. The third-order valence-electron chi connectivity index (χ3n) is 6.28. The number of ketones is 1. The summed E-state index contributed by atoms with van der Waals surface area (Å²) in [6, 6.07) is 0. The summed E-state index contributed by atoms with van der Waals surface area (Å²) >= 11 is 0. The molecule has 6 nitrogen and oxygen atoms in total. The van der Waals surface area contributed by atoms with Gasteiger partial charge in [0.05, 0.1) is 18.6 Å². The molecule has 0 aromatic heterocycles. The first-order valence-corrected chi connectivity index (χ1v) is 12.7. The highest BCUT2D eigenvalue weighted by Gasteiger charge is 2.65. The molecule has 2 fully saturated rings. The molecule has 0 aromatic rings. The smallest absolute Gasteiger partial charge is 0.334 e. The van der Waals surface area contributed by atoms with Crippen LogP contribution < -0.4 is 0 Å². The van der Waals surface area contributed by atoms with E-state index in [-0.39, 0.29) is 23.3 Å². The van der Waals surface area contributed by atoms with E-state index in [1.54, 1.807) is 26.8 Å². The minimum atomic E-state index is -2.14. The fourth-order valence-electron chi connectivity index (χ4n) is 4.01. The highest BCUT2D eigenvalue weighted by molar-refractivity contribution is 6.74. The minimum absolute atomic E-state index is 0.00443. The van der Waals surface area contributed by atoms with Crippen LogP contribution in [0.4, 0.5) is 0 Å². The zero-order chi connectivity index (χ0) is 20.4. The molecule has 3 aliphatic rings. The second-order valence-corrected chi connectivity index (χ2v) is 14.4. The van der Waals surface area contributed by atoms with E-state index < -0.39 is 44.3 Å². The summed E-state index contributed by atoms with van der Waals surface area (Å²) in [5, 5.41) is -0.00443. The molecule has 0 aromatic carbocycles. The maximum atomic E-state index is 13.2. The van der Waals surface area contributed by atoms with Gasteiger partial charge in [-0.25, -0.2) is 4.79 Å². The third kappa shape index (κ3) is 3.43. The van der Waals surface area contributed by atoms with Crippen molar-refractivity contribution in [2.45, 2.75) is 83.8 Å².